The van der Waals surface area contributed by atoms with Crippen molar-refractivity contribution in [3.05, 3.63) is 35.5 Å². The van der Waals surface area contributed by atoms with E-state index < -0.39 is 24.9 Å². The van der Waals surface area contributed by atoms with Crippen molar-refractivity contribution in [3.8, 4) is 0 Å². The quantitative estimate of drug-likeness (QED) is 0.810. The minimum atomic E-state index is -2.78. The van der Waals surface area contributed by atoms with Crippen molar-refractivity contribution in [2.45, 2.75) is 31.7 Å². The summed E-state index contributed by atoms with van der Waals surface area (Å²) in [6, 6.07) is 5.28. The predicted molar refractivity (Wildman–Crippen MR) is 81.1 cm³/mol. The first-order valence-corrected chi connectivity index (χ1v) is 7.41. The van der Waals surface area contributed by atoms with Gasteiger partial charge < -0.3 is 10.3 Å². The van der Waals surface area contributed by atoms with Gasteiger partial charge in [0, 0.05) is 30.1 Å². The van der Waals surface area contributed by atoms with E-state index >= 15 is 0 Å². The molecule has 4 nitrogen and oxygen atoms in total. The molecule has 3 N–H and O–H groups in total. The smallest absolute Gasteiger partial charge is 0.262 e. The molecule has 1 aromatic carbocycles. The van der Waals surface area contributed by atoms with Gasteiger partial charge in [0.25, 0.3) is 5.92 Å². The number of aromatic nitrogens is 1. The van der Waals surface area contributed by atoms with Gasteiger partial charge in [-0.1, -0.05) is 18.2 Å². The third-order valence-corrected chi connectivity index (χ3v) is 4.13. The number of H-pyrrole nitrogens is 1. The molecule has 6 heteroatoms. The molecule has 1 saturated heterocycles. The summed E-state index contributed by atoms with van der Waals surface area (Å²) in [5.74, 6) is -3.13. The number of aryl methyl sites for hydroxylation is 1. The number of carbonyl (C=O) groups is 1. The van der Waals surface area contributed by atoms with Gasteiger partial charge in [-0.05, 0) is 24.5 Å². The summed E-state index contributed by atoms with van der Waals surface area (Å²) >= 11 is 0. The Hall–Kier alpha value is -1.95. The summed E-state index contributed by atoms with van der Waals surface area (Å²) in [6.45, 7) is 2.05. The normalized spacial score (nSPS) is 20.4. The molecule has 0 aliphatic carbocycles. The number of nitrogens with one attached hydrogen (secondary N) is 3. The highest BCUT2D eigenvalue weighted by molar-refractivity contribution is 5.86. The van der Waals surface area contributed by atoms with Crippen LogP contribution in [-0.2, 0) is 11.2 Å². The number of amides is 1. The number of hydrogen-bond donors (Lipinski definition) is 3. The van der Waals surface area contributed by atoms with Gasteiger partial charge in [0.1, 0.15) is 0 Å². The fourth-order valence-electron chi connectivity index (χ4n) is 2.92. The largest absolute Gasteiger partial charge is 0.361 e. The van der Waals surface area contributed by atoms with E-state index in [4.69, 9.17) is 0 Å². The molecule has 0 spiro atoms. The van der Waals surface area contributed by atoms with Crippen LogP contribution >= 0.6 is 0 Å². The molecule has 1 fully saturated rings. The molecule has 1 aliphatic heterocycles. The maximum atomic E-state index is 13.1. The molecule has 1 aliphatic rings. The molecule has 3 rings (SSSR count). The molecule has 1 atom stereocenters. The number of rotatable bonds is 4. The summed E-state index contributed by atoms with van der Waals surface area (Å²) < 4.78 is 26.1. The van der Waals surface area contributed by atoms with Crippen LogP contribution in [0.2, 0.25) is 0 Å². The van der Waals surface area contributed by atoms with Crippen LogP contribution in [0.15, 0.2) is 24.4 Å². The molecule has 1 unspecified atom stereocenters. The van der Waals surface area contributed by atoms with Crippen LogP contribution in [0.5, 0.6) is 0 Å². The number of fused-ring (bicyclic) bond motifs is 1. The van der Waals surface area contributed by atoms with Crippen LogP contribution in [0.3, 0.4) is 0 Å². The Morgan fingerprint density at radius 3 is 3.00 bits per heavy atom. The second-order valence-electron chi connectivity index (χ2n) is 5.85. The Morgan fingerprint density at radius 1 is 1.45 bits per heavy atom. The molecule has 2 heterocycles. The molecule has 0 bridgehead atoms. The minimum Gasteiger partial charge on any atom is -0.361 e. The van der Waals surface area contributed by atoms with Crippen molar-refractivity contribution in [1.29, 1.82) is 0 Å². The van der Waals surface area contributed by atoms with Crippen LogP contribution in [0.25, 0.3) is 10.9 Å². The lowest BCUT2D eigenvalue weighted by Gasteiger charge is -2.11. The second-order valence-corrected chi connectivity index (χ2v) is 5.85. The van der Waals surface area contributed by atoms with Crippen molar-refractivity contribution in [2.24, 2.45) is 0 Å². The zero-order valence-electron chi connectivity index (χ0n) is 12.4. The minimum absolute atomic E-state index is 0.354. The highest BCUT2D eigenvalue weighted by Crippen LogP contribution is 2.25. The zero-order chi connectivity index (χ0) is 15.7. The predicted octanol–water partition coefficient (Wildman–Crippen LogP) is 2.13. The number of halogens is 2. The SMILES string of the molecule is Cc1cccc2c(CCNC(=O)C3CC(F)(F)CN3)c[nH]c12. The van der Waals surface area contributed by atoms with Crippen molar-refractivity contribution < 1.29 is 13.6 Å². The molecule has 0 radical (unpaired) electrons. The Morgan fingerprint density at radius 2 is 2.27 bits per heavy atom. The van der Waals surface area contributed by atoms with Gasteiger partial charge in [-0.3, -0.25) is 10.1 Å². The second kappa shape index (κ2) is 5.68. The van der Waals surface area contributed by atoms with Gasteiger partial charge in [0.2, 0.25) is 5.91 Å². The van der Waals surface area contributed by atoms with Crippen LogP contribution in [0.1, 0.15) is 17.5 Å². The highest BCUT2D eigenvalue weighted by Gasteiger charge is 2.42. The maximum Gasteiger partial charge on any atom is 0.262 e. The fraction of sp³-hybridized carbons (Fsp3) is 0.438. The maximum absolute atomic E-state index is 13.1. The van der Waals surface area contributed by atoms with Gasteiger partial charge in [-0.25, -0.2) is 8.78 Å². The van der Waals surface area contributed by atoms with E-state index in [0.29, 0.717) is 13.0 Å². The van der Waals surface area contributed by atoms with Crippen molar-refractivity contribution in [2.75, 3.05) is 13.1 Å². The number of carbonyl (C=O) groups excluding carboxylic acids is 1. The van der Waals surface area contributed by atoms with Crippen LogP contribution < -0.4 is 10.6 Å². The summed E-state index contributed by atoms with van der Waals surface area (Å²) in [4.78, 5) is 15.1. The van der Waals surface area contributed by atoms with Crippen molar-refractivity contribution in [1.82, 2.24) is 15.6 Å². The van der Waals surface area contributed by atoms with Crippen LogP contribution in [0.4, 0.5) is 8.78 Å². The lowest BCUT2D eigenvalue weighted by molar-refractivity contribution is -0.123. The number of benzene rings is 1. The van der Waals surface area contributed by atoms with Gasteiger partial charge in [-0.2, -0.15) is 0 Å². The van der Waals surface area contributed by atoms with Gasteiger partial charge in [-0.15, -0.1) is 0 Å². The number of hydrogen-bond acceptors (Lipinski definition) is 2. The lowest BCUT2D eigenvalue weighted by atomic mass is 10.1. The lowest BCUT2D eigenvalue weighted by Crippen LogP contribution is -2.41. The average molecular weight is 307 g/mol. The summed E-state index contributed by atoms with van der Waals surface area (Å²) in [7, 11) is 0. The van der Waals surface area contributed by atoms with E-state index in [1.165, 1.54) is 5.56 Å². The first kappa shape index (κ1) is 15.0. The Kier molecular flexibility index (Phi) is 3.87. The van der Waals surface area contributed by atoms with E-state index in [1.54, 1.807) is 0 Å². The van der Waals surface area contributed by atoms with E-state index in [2.05, 4.69) is 15.6 Å². The van der Waals surface area contributed by atoms with Crippen molar-refractivity contribution in [3.63, 3.8) is 0 Å². The van der Waals surface area contributed by atoms with E-state index in [0.717, 1.165) is 16.5 Å². The zero-order valence-corrected chi connectivity index (χ0v) is 12.4. The molecule has 0 saturated carbocycles. The molecule has 118 valence electrons. The Labute approximate surface area is 127 Å². The third-order valence-electron chi connectivity index (χ3n) is 4.13. The number of para-hydroxylation sites is 1. The van der Waals surface area contributed by atoms with Gasteiger partial charge in [0.05, 0.1) is 12.6 Å². The Bertz CT molecular complexity index is 696. The molecule has 22 heavy (non-hydrogen) atoms. The van der Waals surface area contributed by atoms with Gasteiger partial charge in [0.15, 0.2) is 0 Å². The summed E-state index contributed by atoms with van der Waals surface area (Å²) in [5.41, 5.74) is 3.38. The number of alkyl halides is 2. The average Bonchev–Trinajstić information content (AvgIpc) is 3.03. The molecule has 2 aromatic rings. The topological polar surface area (TPSA) is 56.9 Å². The van der Waals surface area contributed by atoms with Crippen molar-refractivity contribution >= 4 is 16.8 Å². The number of aromatic amines is 1. The summed E-state index contributed by atoms with van der Waals surface area (Å²) in [5, 5.41) is 6.43. The molecule has 1 aromatic heterocycles. The fourth-order valence-corrected chi connectivity index (χ4v) is 2.92. The first-order chi connectivity index (χ1) is 10.5. The molecular weight excluding hydrogens is 288 g/mol. The van der Waals surface area contributed by atoms with Gasteiger partial charge >= 0.3 is 0 Å². The highest BCUT2D eigenvalue weighted by atomic mass is 19.3. The third kappa shape index (κ3) is 2.97. The Balaban J connectivity index is 1.57. The van der Waals surface area contributed by atoms with E-state index in [9.17, 15) is 13.6 Å². The summed E-state index contributed by atoms with van der Waals surface area (Å²) in [6.07, 6.45) is 2.18. The van der Waals surface area contributed by atoms with Crippen LogP contribution in [-0.4, -0.2) is 35.9 Å². The monoisotopic (exact) mass is 307 g/mol. The van der Waals surface area contributed by atoms with Crippen LogP contribution in [0, 0.1) is 6.92 Å². The molecule has 1 amide bonds. The first-order valence-electron chi connectivity index (χ1n) is 7.41. The van der Waals surface area contributed by atoms with E-state index in [-0.39, 0.29) is 5.91 Å². The standard InChI is InChI=1S/C16H19F2N3O/c1-10-3-2-4-12-11(8-20-14(10)12)5-6-19-15(22)13-7-16(17,18)9-21-13/h2-4,8,13,20-21H,5-7,9H2,1H3,(H,19,22). The molecular formula is C16H19F2N3O. The van der Waals surface area contributed by atoms with E-state index in [1.807, 2.05) is 31.3 Å².